The largest absolute Gasteiger partial charge is 0.295 e. The SMILES string of the molecule is CC.CC.CC.CC.CC.CC.CC.CC.CC.CC.CC.CC.CCN(Cc1ccc2c(c1)-c1ccccc1C2)Cc1cccc2c1-c1ccccc1C2(c1ccccc1)c1ccccc1.CCN(Cc1cccc2c1Cc1ccccc1-2)Cc1cccc2c1-c1ccccc1C2(c1ccccc1)c1ccccc1. The fraction of sp³-hybridized carbons (Fsp3) is 0.333. The van der Waals surface area contributed by atoms with E-state index in [4.69, 9.17) is 0 Å². The Morgan fingerprint density at radius 1 is 0.227 bits per heavy atom. The lowest BCUT2D eigenvalue weighted by atomic mass is 9.67. The van der Waals surface area contributed by atoms with Crippen molar-refractivity contribution in [3.8, 4) is 44.5 Å². The van der Waals surface area contributed by atoms with Gasteiger partial charge in [0.15, 0.2) is 0 Å². The minimum Gasteiger partial charge on any atom is -0.295 e. The van der Waals surface area contributed by atoms with Gasteiger partial charge < -0.3 is 0 Å². The first-order valence-corrected chi connectivity index (χ1v) is 43.1. The maximum atomic E-state index is 2.61. The van der Waals surface area contributed by atoms with Crippen molar-refractivity contribution in [3.05, 3.63) is 380 Å². The molecule has 0 radical (unpaired) electrons. The number of hydrogen-bond donors (Lipinski definition) is 0. The smallest absolute Gasteiger partial charge is 0.0713 e. The van der Waals surface area contributed by atoms with Crippen molar-refractivity contribution >= 4 is 0 Å². The molecule has 0 heterocycles. The van der Waals surface area contributed by atoms with Gasteiger partial charge in [0.25, 0.3) is 0 Å². The summed E-state index contributed by atoms with van der Waals surface area (Å²) in [5, 5.41) is 0. The highest BCUT2D eigenvalue weighted by Gasteiger charge is 2.48. The molecular weight excluding hydrogens is 1330 g/mol. The van der Waals surface area contributed by atoms with E-state index in [-0.39, 0.29) is 10.8 Å². The van der Waals surface area contributed by atoms with Gasteiger partial charge in [0.05, 0.1) is 10.8 Å². The zero-order chi connectivity index (χ0) is 81.6. The Kier molecular flexibility index (Phi) is 44.7. The van der Waals surface area contributed by atoms with Crippen molar-refractivity contribution in [1.29, 1.82) is 0 Å². The molecule has 4 aliphatic carbocycles. The molecule has 0 aliphatic heterocycles. The van der Waals surface area contributed by atoms with Crippen LogP contribution in [0.3, 0.4) is 0 Å². The van der Waals surface area contributed by atoms with Gasteiger partial charge in [0.1, 0.15) is 0 Å². The van der Waals surface area contributed by atoms with E-state index in [0.717, 1.165) is 52.1 Å². The number of rotatable bonds is 14. The van der Waals surface area contributed by atoms with E-state index >= 15 is 0 Å². The highest BCUT2D eigenvalue weighted by Crippen LogP contribution is 2.59. The van der Waals surface area contributed by atoms with Crippen molar-refractivity contribution in [3.63, 3.8) is 0 Å². The van der Waals surface area contributed by atoms with Gasteiger partial charge >= 0.3 is 0 Å². The number of hydrogen-bond acceptors (Lipinski definition) is 2. The lowest BCUT2D eigenvalue weighted by molar-refractivity contribution is 0.271. The van der Waals surface area contributed by atoms with E-state index in [9.17, 15) is 0 Å². The van der Waals surface area contributed by atoms with Gasteiger partial charge in [-0.25, -0.2) is 0 Å². The van der Waals surface area contributed by atoms with Crippen LogP contribution in [0.2, 0.25) is 0 Å². The summed E-state index contributed by atoms with van der Waals surface area (Å²) in [6.07, 6.45) is 2.08. The van der Waals surface area contributed by atoms with Crippen LogP contribution >= 0.6 is 0 Å². The average molecular weight is 1470 g/mol. The molecule has 0 saturated heterocycles. The molecule has 0 fully saturated rings. The first-order valence-electron chi connectivity index (χ1n) is 43.1. The van der Waals surface area contributed by atoms with E-state index in [1.54, 1.807) is 0 Å². The highest BCUT2D eigenvalue weighted by atomic mass is 15.1. The summed E-state index contributed by atoms with van der Waals surface area (Å²) in [5.74, 6) is 0. The van der Waals surface area contributed by atoms with Crippen LogP contribution in [0.25, 0.3) is 44.5 Å². The molecule has 2 heteroatoms. The molecule has 0 N–H and O–H groups in total. The molecule has 12 aromatic rings. The molecule has 2 nitrogen and oxygen atoms in total. The number of fused-ring (bicyclic) bond motifs is 12. The lowest BCUT2D eigenvalue weighted by Gasteiger charge is -2.34. The molecule has 0 unspecified atom stereocenters. The molecule has 0 amide bonds. The number of benzene rings is 12. The van der Waals surface area contributed by atoms with Gasteiger partial charge in [-0.1, -0.05) is 465 Å². The molecule has 0 saturated carbocycles. The zero-order valence-electron chi connectivity index (χ0n) is 73.3. The van der Waals surface area contributed by atoms with Gasteiger partial charge in [-0.3, -0.25) is 9.80 Å². The minimum atomic E-state index is -0.354. The molecule has 0 bridgehead atoms. The summed E-state index contributed by atoms with van der Waals surface area (Å²) in [6, 6.07) is 108. The normalized spacial score (nSPS) is 11.5. The van der Waals surface area contributed by atoms with Crippen molar-refractivity contribution in [2.24, 2.45) is 0 Å². The van der Waals surface area contributed by atoms with Gasteiger partial charge in [-0.05, 0) is 166 Å². The standard InChI is InChI=1S/2C42H35N.12C2H6/c1-2-43(28-31-16-13-24-36-35-22-10-9-15-30(35)27-38(31)36)29-32-17-14-26-40-41(32)37-23-11-12-25-39(37)42(40,33-18-5-3-6-19-33)34-20-7-4-8-21-34;1-2-43(28-30-24-25-32-27-31-14-9-10-20-36(31)38(32)26-30)29-33-15-13-23-40-41(33)37-21-11-12-22-39(37)42(40,34-16-5-3-6-17-34)35-18-7-4-8-19-35;12*1-2/h2*3-26H,2,27-29H2,1H3;12*1-2H3. The Morgan fingerprint density at radius 2 is 0.509 bits per heavy atom. The average Bonchev–Trinajstić information content (AvgIpc) is 1.53. The molecule has 4 aliphatic rings. The van der Waals surface area contributed by atoms with Gasteiger partial charge in [0, 0.05) is 26.2 Å². The molecule has 12 aromatic carbocycles. The van der Waals surface area contributed by atoms with Crippen LogP contribution in [-0.4, -0.2) is 22.9 Å². The Labute approximate surface area is 673 Å². The quantitative estimate of drug-likeness (QED) is 0.107. The molecule has 584 valence electrons. The van der Waals surface area contributed by atoms with Crippen LogP contribution in [0.1, 0.15) is 269 Å². The van der Waals surface area contributed by atoms with E-state index in [2.05, 4.69) is 315 Å². The third kappa shape index (κ3) is 20.6. The van der Waals surface area contributed by atoms with Crippen molar-refractivity contribution < 1.29 is 0 Å². The summed E-state index contributed by atoms with van der Waals surface area (Å²) in [5.41, 5.74) is 32.7. The lowest BCUT2D eigenvalue weighted by Crippen LogP contribution is -2.28. The van der Waals surface area contributed by atoms with Crippen LogP contribution in [0, 0.1) is 0 Å². The van der Waals surface area contributed by atoms with E-state index < -0.39 is 0 Å². The molecule has 0 atom stereocenters. The van der Waals surface area contributed by atoms with Crippen molar-refractivity contribution in [2.75, 3.05) is 13.1 Å². The summed E-state index contributed by atoms with van der Waals surface area (Å²) in [6.45, 7) is 58.3. The molecule has 16 rings (SSSR count). The van der Waals surface area contributed by atoms with Crippen LogP contribution < -0.4 is 0 Å². The predicted molar refractivity (Wildman–Crippen MR) is 493 cm³/mol. The van der Waals surface area contributed by atoms with E-state index in [0.29, 0.717) is 0 Å². The van der Waals surface area contributed by atoms with E-state index in [1.165, 1.54) is 134 Å². The van der Waals surface area contributed by atoms with Crippen LogP contribution in [0.4, 0.5) is 0 Å². The highest BCUT2D eigenvalue weighted by molar-refractivity contribution is 5.90. The van der Waals surface area contributed by atoms with Gasteiger partial charge in [0.2, 0.25) is 0 Å². The summed E-state index contributed by atoms with van der Waals surface area (Å²) < 4.78 is 0. The summed E-state index contributed by atoms with van der Waals surface area (Å²) in [4.78, 5) is 5.20. The second-order valence-corrected chi connectivity index (χ2v) is 23.9. The molecule has 0 aromatic heterocycles. The Balaban J connectivity index is 0.000000449. The molecule has 110 heavy (non-hydrogen) atoms. The minimum absolute atomic E-state index is 0.352. The monoisotopic (exact) mass is 1470 g/mol. The first-order chi connectivity index (χ1) is 54.6. The Hall–Kier alpha value is -9.44. The summed E-state index contributed by atoms with van der Waals surface area (Å²) >= 11 is 0. The Bertz CT molecular complexity index is 4360. The maximum Gasteiger partial charge on any atom is 0.0713 e. The van der Waals surface area contributed by atoms with Crippen LogP contribution in [0.15, 0.2) is 291 Å². The summed E-state index contributed by atoms with van der Waals surface area (Å²) in [7, 11) is 0. The second kappa shape index (κ2) is 51.9. The fourth-order valence-electron chi connectivity index (χ4n) is 15.6. The topological polar surface area (TPSA) is 6.48 Å². The second-order valence-electron chi connectivity index (χ2n) is 23.9. The van der Waals surface area contributed by atoms with Gasteiger partial charge in [-0.15, -0.1) is 0 Å². The zero-order valence-corrected chi connectivity index (χ0v) is 73.3. The maximum absolute atomic E-state index is 2.61. The van der Waals surface area contributed by atoms with Crippen LogP contribution in [-0.2, 0) is 49.9 Å². The molecular formula is C108H142N2. The van der Waals surface area contributed by atoms with E-state index in [1.807, 2.05) is 166 Å². The fourth-order valence-corrected chi connectivity index (χ4v) is 15.6. The first kappa shape index (κ1) is 94.8. The molecule has 0 spiro atoms. The van der Waals surface area contributed by atoms with Gasteiger partial charge in [-0.2, -0.15) is 0 Å². The Morgan fingerprint density at radius 3 is 0.900 bits per heavy atom. The number of nitrogens with zero attached hydrogens (tertiary/aromatic N) is 2. The third-order valence-corrected chi connectivity index (χ3v) is 19.4. The van der Waals surface area contributed by atoms with Crippen molar-refractivity contribution in [1.82, 2.24) is 9.80 Å². The van der Waals surface area contributed by atoms with Crippen molar-refractivity contribution in [2.45, 2.75) is 230 Å². The predicted octanol–water partition coefficient (Wildman–Crippen LogP) is 31.6. The third-order valence-electron chi connectivity index (χ3n) is 19.4. The van der Waals surface area contributed by atoms with Crippen LogP contribution in [0.5, 0.6) is 0 Å².